The van der Waals surface area contributed by atoms with Crippen LogP contribution in [0.15, 0.2) is 10.9 Å². The van der Waals surface area contributed by atoms with Crippen molar-refractivity contribution in [2.75, 3.05) is 31.1 Å². The van der Waals surface area contributed by atoms with Crippen LogP contribution < -0.4 is 16.2 Å². The van der Waals surface area contributed by atoms with Crippen LogP contribution >= 0.6 is 12.2 Å². The summed E-state index contributed by atoms with van der Waals surface area (Å²) < 4.78 is 0. The number of hydrogen-bond acceptors (Lipinski definition) is 5. The molecule has 0 amide bonds. The van der Waals surface area contributed by atoms with Crippen molar-refractivity contribution in [3.8, 4) is 0 Å². The third-order valence-electron chi connectivity index (χ3n) is 3.84. The molecule has 1 aliphatic rings. The fraction of sp³-hybridized carbons (Fsp3) is 0.615. The lowest BCUT2D eigenvalue weighted by Gasteiger charge is -2.43. The summed E-state index contributed by atoms with van der Waals surface area (Å²) in [6, 6.07) is 1.54. The first kappa shape index (κ1) is 14.9. The number of nitrogens with two attached hydrogens (primary N) is 1. The summed E-state index contributed by atoms with van der Waals surface area (Å²) in [6.45, 7) is 9.18. The van der Waals surface area contributed by atoms with Gasteiger partial charge in [-0.2, -0.15) is 0 Å². The smallest absolute Gasteiger partial charge is 0.252 e. The van der Waals surface area contributed by atoms with Crippen molar-refractivity contribution in [3.05, 3.63) is 22.2 Å². The largest absolute Gasteiger partial charge is 0.392 e. The average molecular weight is 295 g/mol. The van der Waals surface area contributed by atoms with Crippen molar-refractivity contribution < 1.29 is 0 Å². The van der Waals surface area contributed by atoms with E-state index in [-0.39, 0.29) is 11.1 Å². The molecule has 20 heavy (non-hydrogen) atoms. The van der Waals surface area contributed by atoms with E-state index in [0.717, 1.165) is 32.0 Å². The Morgan fingerprint density at radius 2 is 2.00 bits per heavy atom. The Morgan fingerprint density at radius 1 is 1.40 bits per heavy atom. The van der Waals surface area contributed by atoms with Crippen LogP contribution in [-0.4, -0.2) is 51.6 Å². The van der Waals surface area contributed by atoms with Crippen molar-refractivity contribution in [2.45, 2.75) is 26.3 Å². The van der Waals surface area contributed by atoms with Crippen molar-refractivity contribution in [1.82, 2.24) is 14.9 Å². The van der Waals surface area contributed by atoms with Gasteiger partial charge in [0.25, 0.3) is 5.56 Å². The SMILES string of the molecule is Cc1nc(N2CCN(C(C)(C)C(N)=S)CC2)cc(=O)[nH]1. The lowest BCUT2D eigenvalue weighted by atomic mass is 10.0. The summed E-state index contributed by atoms with van der Waals surface area (Å²) >= 11 is 5.13. The monoisotopic (exact) mass is 295 g/mol. The number of aromatic amines is 1. The van der Waals surface area contributed by atoms with Crippen LogP contribution in [0.5, 0.6) is 0 Å². The van der Waals surface area contributed by atoms with Crippen LogP contribution in [0.4, 0.5) is 5.82 Å². The Bertz CT molecular complexity index is 560. The van der Waals surface area contributed by atoms with Gasteiger partial charge in [0, 0.05) is 32.2 Å². The highest BCUT2D eigenvalue weighted by Gasteiger charge is 2.32. The summed E-state index contributed by atoms with van der Waals surface area (Å²) in [5, 5.41) is 0. The molecular formula is C13H21N5OS. The number of piperazine rings is 1. The van der Waals surface area contributed by atoms with Gasteiger partial charge in [0.1, 0.15) is 11.6 Å². The van der Waals surface area contributed by atoms with E-state index in [4.69, 9.17) is 18.0 Å². The molecule has 3 N–H and O–H groups in total. The summed E-state index contributed by atoms with van der Waals surface area (Å²) in [7, 11) is 0. The molecule has 0 spiro atoms. The molecule has 1 aliphatic heterocycles. The van der Waals surface area contributed by atoms with Gasteiger partial charge in [-0.25, -0.2) is 4.98 Å². The van der Waals surface area contributed by atoms with Crippen LogP contribution in [-0.2, 0) is 0 Å². The van der Waals surface area contributed by atoms with E-state index in [9.17, 15) is 4.79 Å². The maximum absolute atomic E-state index is 11.5. The van der Waals surface area contributed by atoms with Gasteiger partial charge in [0.15, 0.2) is 0 Å². The fourth-order valence-corrected chi connectivity index (χ4v) is 2.51. The molecule has 0 bridgehead atoms. The van der Waals surface area contributed by atoms with Crippen LogP contribution in [0.1, 0.15) is 19.7 Å². The Morgan fingerprint density at radius 3 is 2.50 bits per heavy atom. The van der Waals surface area contributed by atoms with Gasteiger partial charge in [-0.15, -0.1) is 0 Å². The molecule has 1 aromatic rings. The fourth-order valence-electron chi connectivity index (χ4n) is 2.38. The zero-order valence-corrected chi connectivity index (χ0v) is 13.0. The highest BCUT2D eigenvalue weighted by atomic mass is 32.1. The van der Waals surface area contributed by atoms with Gasteiger partial charge >= 0.3 is 0 Å². The molecule has 1 fully saturated rings. The lowest BCUT2D eigenvalue weighted by molar-refractivity contribution is 0.168. The number of H-pyrrole nitrogens is 1. The zero-order valence-electron chi connectivity index (χ0n) is 12.1. The summed E-state index contributed by atoms with van der Waals surface area (Å²) in [4.78, 5) is 23.4. The molecular weight excluding hydrogens is 274 g/mol. The summed E-state index contributed by atoms with van der Waals surface area (Å²) in [5.41, 5.74) is 5.41. The first-order valence-corrected chi connectivity index (χ1v) is 7.09. The predicted octanol–water partition coefficient (Wildman–Crippen LogP) is 0.265. The van der Waals surface area contributed by atoms with Gasteiger partial charge in [0.2, 0.25) is 0 Å². The maximum atomic E-state index is 11.5. The molecule has 1 saturated heterocycles. The van der Waals surface area contributed by atoms with Gasteiger partial charge in [-0.3, -0.25) is 9.69 Å². The minimum atomic E-state index is -0.279. The normalized spacial score (nSPS) is 17.2. The van der Waals surface area contributed by atoms with E-state index in [2.05, 4.69) is 19.8 Å². The molecule has 0 atom stereocenters. The molecule has 0 saturated carbocycles. The van der Waals surface area contributed by atoms with E-state index in [1.54, 1.807) is 13.0 Å². The van der Waals surface area contributed by atoms with E-state index < -0.39 is 0 Å². The Labute approximate surface area is 124 Å². The van der Waals surface area contributed by atoms with Crippen molar-refractivity contribution in [2.24, 2.45) is 5.73 Å². The molecule has 1 aromatic heterocycles. The number of nitrogens with zero attached hydrogens (tertiary/aromatic N) is 3. The Hall–Kier alpha value is -1.47. The molecule has 0 radical (unpaired) electrons. The van der Waals surface area contributed by atoms with Crippen LogP contribution in [0.2, 0.25) is 0 Å². The first-order valence-electron chi connectivity index (χ1n) is 6.68. The number of anilines is 1. The van der Waals surface area contributed by atoms with E-state index in [1.165, 1.54) is 0 Å². The molecule has 110 valence electrons. The topological polar surface area (TPSA) is 78.2 Å². The van der Waals surface area contributed by atoms with E-state index in [1.807, 2.05) is 13.8 Å². The molecule has 7 heteroatoms. The highest BCUT2D eigenvalue weighted by Crippen LogP contribution is 2.19. The quantitative estimate of drug-likeness (QED) is 0.779. The van der Waals surface area contributed by atoms with Crippen molar-refractivity contribution >= 4 is 23.0 Å². The van der Waals surface area contributed by atoms with Crippen LogP contribution in [0.3, 0.4) is 0 Å². The highest BCUT2D eigenvalue weighted by molar-refractivity contribution is 7.80. The number of thiocarbonyl (C=S) groups is 1. The molecule has 2 heterocycles. The zero-order chi connectivity index (χ0) is 14.9. The minimum Gasteiger partial charge on any atom is -0.392 e. The molecule has 6 nitrogen and oxygen atoms in total. The lowest BCUT2D eigenvalue weighted by Crippen LogP contribution is -2.59. The van der Waals surface area contributed by atoms with Gasteiger partial charge in [-0.05, 0) is 20.8 Å². The Kier molecular flexibility index (Phi) is 4.10. The molecule has 0 aromatic carbocycles. The summed E-state index contributed by atoms with van der Waals surface area (Å²) in [6.07, 6.45) is 0. The number of hydrogen-bond donors (Lipinski definition) is 2. The van der Waals surface area contributed by atoms with Crippen molar-refractivity contribution in [1.29, 1.82) is 0 Å². The summed E-state index contributed by atoms with van der Waals surface area (Å²) in [5.74, 6) is 1.37. The maximum Gasteiger partial charge on any atom is 0.252 e. The molecule has 0 unspecified atom stereocenters. The first-order chi connectivity index (χ1) is 9.30. The number of rotatable bonds is 3. The predicted molar refractivity (Wildman–Crippen MR) is 84.2 cm³/mol. The van der Waals surface area contributed by atoms with Gasteiger partial charge in [-0.1, -0.05) is 12.2 Å². The third-order valence-corrected chi connectivity index (χ3v) is 4.34. The number of aromatic nitrogens is 2. The van der Waals surface area contributed by atoms with E-state index >= 15 is 0 Å². The van der Waals surface area contributed by atoms with Crippen LogP contribution in [0, 0.1) is 6.92 Å². The molecule has 2 rings (SSSR count). The molecule has 0 aliphatic carbocycles. The van der Waals surface area contributed by atoms with Crippen LogP contribution in [0.25, 0.3) is 0 Å². The second kappa shape index (κ2) is 5.49. The van der Waals surface area contributed by atoms with Gasteiger partial charge < -0.3 is 15.6 Å². The standard InChI is InChI=1S/C13H21N5OS/c1-9-15-10(8-11(19)16-9)17-4-6-18(7-5-17)13(2,3)12(14)20/h8H,4-7H2,1-3H3,(H2,14,20)(H,15,16,19). The number of aryl methyl sites for hydroxylation is 1. The number of nitrogens with one attached hydrogen (secondary N) is 1. The third kappa shape index (κ3) is 2.99. The Balaban J connectivity index is 2.08. The average Bonchev–Trinajstić information content (AvgIpc) is 2.37. The van der Waals surface area contributed by atoms with E-state index in [0.29, 0.717) is 10.8 Å². The van der Waals surface area contributed by atoms with Crippen molar-refractivity contribution in [3.63, 3.8) is 0 Å². The minimum absolute atomic E-state index is 0.113. The second-order valence-corrected chi connectivity index (χ2v) is 6.03. The second-order valence-electron chi connectivity index (χ2n) is 5.59. The van der Waals surface area contributed by atoms with Gasteiger partial charge in [0.05, 0.1) is 10.5 Å².